The number of rotatable bonds is 5. The van der Waals surface area contributed by atoms with E-state index in [0.29, 0.717) is 18.2 Å². The van der Waals surface area contributed by atoms with Crippen LogP contribution in [0.5, 0.6) is 0 Å². The summed E-state index contributed by atoms with van der Waals surface area (Å²) in [7, 11) is 1.70. The first-order chi connectivity index (χ1) is 9.31. The molecule has 0 saturated heterocycles. The normalized spacial score (nSPS) is 10.4. The SMILES string of the molecule is CC(C)CCN(C)C(=O)Nc1ccc(Cl)c(C(=O)O)c1. The molecule has 0 saturated carbocycles. The molecule has 0 heterocycles. The number of carboxylic acid groups (broad SMARTS) is 1. The van der Waals surface area contributed by atoms with E-state index < -0.39 is 5.97 Å². The lowest BCUT2D eigenvalue weighted by molar-refractivity contribution is 0.0697. The van der Waals surface area contributed by atoms with Gasteiger partial charge in [-0.2, -0.15) is 0 Å². The number of nitrogens with one attached hydrogen (secondary N) is 1. The van der Waals surface area contributed by atoms with Crippen molar-refractivity contribution in [1.82, 2.24) is 4.90 Å². The Kier molecular flexibility index (Phi) is 5.82. The highest BCUT2D eigenvalue weighted by Gasteiger charge is 2.13. The van der Waals surface area contributed by atoms with Gasteiger partial charge in [-0.25, -0.2) is 9.59 Å². The fourth-order valence-corrected chi connectivity index (χ4v) is 1.74. The minimum atomic E-state index is -1.13. The van der Waals surface area contributed by atoms with Crippen molar-refractivity contribution in [1.29, 1.82) is 0 Å². The van der Waals surface area contributed by atoms with Gasteiger partial charge >= 0.3 is 12.0 Å². The molecule has 1 aromatic carbocycles. The molecule has 2 amide bonds. The van der Waals surface area contributed by atoms with Crippen molar-refractivity contribution in [3.05, 3.63) is 28.8 Å². The maximum atomic E-state index is 11.9. The highest BCUT2D eigenvalue weighted by atomic mass is 35.5. The minimum absolute atomic E-state index is 0.0331. The second-order valence-corrected chi connectivity index (χ2v) is 5.44. The standard InChI is InChI=1S/C14H19ClN2O3/c1-9(2)6-7-17(3)14(20)16-10-4-5-12(15)11(8-10)13(18)19/h4-5,8-9H,6-7H2,1-3H3,(H,16,20)(H,18,19). The second kappa shape index (κ2) is 7.14. The summed E-state index contributed by atoms with van der Waals surface area (Å²) in [6, 6.07) is 4.10. The quantitative estimate of drug-likeness (QED) is 0.873. The van der Waals surface area contributed by atoms with Gasteiger partial charge in [-0.05, 0) is 30.5 Å². The van der Waals surface area contributed by atoms with E-state index in [2.05, 4.69) is 19.2 Å². The van der Waals surface area contributed by atoms with Crippen molar-refractivity contribution in [3.8, 4) is 0 Å². The van der Waals surface area contributed by atoms with Gasteiger partial charge in [0, 0.05) is 19.3 Å². The Hall–Kier alpha value is -1.75. The van der Waals surface area contributed by atoms with E-state index in [1.54, 1.807) is 18.0 Å². The molecule has 110 valence electrons. The Morgan fingerprint density at radius 2 is 2.05 bits per heavy atom. The largest absolute Gasteiger partial charge is 0.478 e. The zero-order valence-electron chi connectivity index (χ0n) is 11.8. The van der Waals surface area contributed by atoms with E-state index >= 15 is 0 Å². The molecule has 1 rings (SSSR count). The average molecular weight is 299 g/mol. The maximum Gasteiger partial charge on any atom is 0.337 e. The molecule has 0 fully saturated rings. The van der Waals surface area contributed by atoms with Gasteiger partial charge < -0.3 is 15.3 Å². The van der Waals surface area contributed by atoms with Crippen LogP contribution in [0.25, 0.3) is 0 Å². The van der Waals surface area contributed by atoms with Crippen LogP contribution in [0.3, 0.4) is 0 Å². The van der Waals surface area contributed by atoms with Crippen molar-refractivity contribution in [2.75, 3.05) is 18.9 Å². The number of carboxylic acids is 1. The molecule has 6 heteroatoms. The van der Waals surface area contributed by atoms with Crippen LogP contribution in [0.2, 0.25) is 5.02 Å². The third-order valence-corrected chi connectivity index (χ3v) is 3.17. The monoisotopic (exact) mass is 298 g/mol. The fraction of sp³-hybridized carbons (Fsp3) is 0.429. The van der Waals surface area contributed by atoms with E-state index in [9.17, 15) is 9.59 Å². The van der Waals surface area contributed by atoms with Crippen LogP contribution in [0.4, 0.5) is 10.5 Å². The van der Waals surface area contributed by atoms with E-state index in [-0.39, 0.29) is 16.6 Å². The topological polar surface area (TPSA) is 69.6 Å². The lowest BCUT2D eigenvalue weighted by atomic mass is 10.1. The molecule has 1 aromatic rings. The molecule has 0 bridgehead atoms. The molecule has 0 atom stereocenters. The van der Waals surface area contributed by atoms with Gasteiger partial charge in [0.2, 0.25) is 0 Å². The first-order valence-corrected chi connectivity index (χ1v) is 6.74. The molecule has 0 unspecified atom stereocenters. The van der Waals surface area contributed by atoms with E-state index in [0.717, 1.165) is 6.42 Å². The minimum Gasteiger partial charge on any atom is -0.478 e. The van der Waals surface area contributed by atoms with Crippen molar-refractivity contribution in [2.45, 2.75) is 20.3 Å². The van der Waals surface area contributed by atoms with Crippen molar-refractivity contribution in [2.24, 2.45) is 5.92 Å². The number of halogens is 1. The zero-order chi connectivity index (χ0) is 15.3. The van der Waals surface area contributed by atoms with Gasteiger partial charge in [0.15, 0.2) is 0 Å². The van der Waals surface area contributed by atoms with Crippen LogP contribution in [-0.2, 0) is 0 Å². The molecule has 0 radical (unpaired) electrons. The molecule has 5 nitrogen and oxygen atoms in total. The summed E-state index contributed by atoms with van der Waals surface area (Å²) >= 11 is 5.77. The van der Waals surface area contributed by atoms with Gasteiger partial charge in [0.25, 0.3) is 0 Å². The zero-order valence-corrected chi connectivity index (χ0v) is 12.6. The first-order valence-electron chi connectivity index (χ1n) is 6.36. The molecule has 0 spiro atoms. The van der Waals surface area contributed by atoms with Crippen molar-refractivity contribution < 1.29 is 14.7 Å². The van der Waals surface area contributed by atoms with Crippen LogP contribution in [0.1, 0.15) is 30.6 Å². The summed E-state index contributed by atoms with van der Waals surface area (Å²) in [5.74, 6) is -0.612. The maximum absolute atomic E-state index is 11.9. The van der Waals surface area contributed by atoms with Gasteiger partial charge in [-0.3, -0.25) is 0 Å². The smallest absolute Gasteiger partial charge is 0.337 e. The van der Waals surface area contributed by atoms with Crippen LogP contribution >= 0.6 is 11.6 Å². The number of carbonyl (C=O) groups is 2. The number of hydrogen-bond donors (Lipinski definition) is 2. The molecule has 2 N–H and O–H groups in total. The highest BCUT2D eigenvalue weighted by molar-refractivity contribution is 6.33. The van der Waals surface area contributed by atoms with Gasteiger partial charge in [-0.1, -0.05) is 25.4 Å². The summed E-state index contributed by atoms with van der Waals surface area (Å²) < 4.78 is 0. The van der Waals surface area contributed by atoms with Crippen LogP contribution in [0, 0.1) is 5.92 Å². The van der Waals surface area contributed by atoms with Gasteiger partial charge in [0.1, 0.15) is 0 Å². The van der Waals surface area contributed by atoms with Gasteiger partial charge in [0.05, 0.1) is 10.6 Å². The average Bonchev–Trinajstić information content (AvgIpc) is 2.37. The Morgan fingerprint density at radius 1 is 1.40 bits per heavy atom. The molecule has 0 aliphatic heterocycles. The summed E-state index contributed by atoms with van der Waals surface area (Å²) in [6.07, 6.45) is 0.908. The van der Waals surface area contributed by atoms with Crippen molar-refractivity contribution >= 4 is 29.3 Å². The Bertz CT molecular complexity index is 503. The van der Waals surface area contributed by atoms with Crippen LogP contribution in [-0.4, -0.2) is 35.6 Å². The van der Waals surface area contributed by atoms with Crippen LogP contribution in [0.15, 0.2) is 18.2 Å². The molecular weight excluding hydrogens is 280 g/mol. The predicted octanol–water partition coefficient (Wildman–Crippen LogP) is 3.55. The summed E-state index contributed by atoms with van der Waals surface area (Å²) in [6.45, 7) is 4.82. The molecule has 0 aromatic heterocycles. The molecule has 0 aliphatic carbocycles. The number of aromatic carboxylic acids is 1. The number of carbonyl (C=O) groups excluding carboxylic acids is 1. The Labute approximate surface area is 123 Å². The number of nitrogens with zero attached hydrogens (tertiary/aromatic N) is 1. The number of amides is 2. The van der Waals surface area contributed by atoms with E-state index in [1.165, 1.54) is 12.1 Å². The summed E-state index contributed by atoms with van der Waals surface area (Å²) in [5, 5.41) is 11.8. The number of benzene rings is 1. The summed E-state index contributed by atoms with van der Waals surface area (Å²) in [4.78, 5) is 24.5. The van der Waals surface area contributed by atoms with E-state index in [1.807, 2.05) is 0 Å². The predicted molar refractivity (Wildman–Crippen MR) is 79.5 cm³/mol. The lowest BCUT2D eigenvalue weighted by Gasteiger charge is -2.19. The fourth-order valence-electron chi connectivity index (χ4n) is 1.54. The third kappa shape index (κ3) is 4.74. The lowest BCUT2D eigenvalue weighted by Crippen LogP contribution is -2.32. The molecule has 0 aliphatic rings. The van der Waals surface area contributed by atoms with E-state index in [4.69, 9.17) is 16.7 Å². The summed E-state index contributed by atoms with van der Waals surface area (Å²) in [5.41, 5.74) is 0.377. The van der Waals surface area contributed by atoms with Crippen molar-refractivity contribution in [3.63, 3.8) is 0 Å². The Morgan fingerprint density at radius 3 is 2.60 bits per heavy atom. The molecule has 20 heavy (non-hydrogen) atoms. The first kappa shape index (κ1) is 16.3. The highest BCUT2D eigenvalue weighted by Crippen LogP contribution is 2.20. The van der Waals surface area contributed by atoms with Crippen LogP contribution < -0.4 is 5.32 Å². The Balaban J connectivity index is 2.71. The number of hydrogen-bond acceptors (Lipinski definition) is 2. The second-order valence-electron chi connectivity index (χ2n) is 5.03. The molecular formula is C14H19ClN2O3. The number of urea groups is 1. The van der Waals surface area contributed by atoms with Gasteiger partial charge in [-0.15, -0.1) is 0 Å². The third-order valence-electron chi connectivity index (χ3n) is 2.84. The number of anilines is 1.